The Kier molecular flexibility index (Phi) is 6.98. The molecule has 0 bridgehead atoms. The molecule has 3 nitrogen and oxygen atoms in total. The molecule has 0 saturated carbocycles. The minimum atomic E-state index is 0. The topological polar surface area (TPSA) is 31.4 Å². The van der Waals surface area contributed by atoms with E-state index in [1.807, 2.05) is 49.7 Å². The van der Waals surface area contributed by atoms with Crippen LogP contribution in [-0.2, 0) is 20.1 Å². The Labute approximate surface area is 160 Å². The average Bonchev–Trinajstić information content (AvgIpc) is 3.12. The molecule has 0 unspecified atom stereocenters. The van der Waals surface area contributed by atoms with E-state index in [4.69, 9.17) is 9.47 Å². The van der Waals surface area contributed by atoms with Crippen LogP contribution in [0, 0.1) is 6.07 Å². The van der Waals surface area contributed by atoms with Gasteiger partial charge in [0.2, 0.25) is 0 Å². The van der Waals surface area contributed by atoms with Gasteiger partial charge in [-0.15, -0.1) is 35.4 Å². The van der Waals surface area contributed by atoms with Crippen LogP contribution in [0.4, 0.5) is 0 Å². The first-order valence-corrected chi connectivity index (χ1v) is 8.51. The third kappa shape index (κ3) is 4.23. The van der Waals surface area contributed by atoms with E-state index in [0.29, 0.717) is 13.2 Å². The van der Waals surface area contributed by atoms with Crippen LogP contribution in [0.5, 0.6) is 11.5 Å². The summed E-state index contributed by atoms with van der Waals surface area (Å²) >= 11 is 1.61. The van der Waals surface area contributed by atoms with Crippen molar-refractivity contribution in [2.45, 2.75) is 13.8 Å². The minimum Gasteiger partial charge on any atom is -0.490 e. The maximum atomic E-state index is 5.71. The summed E-state index contributed by atoms with van der Waals surface area (Å²) in [7, 11) is 0. The van der Waals surface area contributed by atoms with Crippen molar-refractivity contribution in [3.63, 3.8) is 0 Å². The zero-order chi connectivity index (χ0) is 16.1. The quantitative estimate of drug-likeness (QED) is 0.429. The van der Waals surface area contributed by atoms with E-state index in [1.54, 1.807) is 11.3 Å². The maximum absolute atomic E-state index is 5.71. The average molecular weight is 517 g/mol. The summed E-state index contributed by atoms with van der Waals surface area (Å²) in [6.07, 6.45) is 1.81. The number of rotatable bonds is 6. The molecule has 0 amide bonds. The molecule has 0 fully saturated rings. The fraction of sp³-hybridized carbons (Fsp3) is 0.211. The third-order valence-corrected chi connectivity index (χ3v) is 4.15. The first kappa shape index (κ1) is 18.7. The van der Waals surface area contributed by atoms with E-state index in [1.165, 1.54) is 0 Å². The summed E-state index contributed by atoms with van der Waals surface area (Å²) in [6.45, 7) is 5.17. The van der Waals surface area contributed by atoms with Crippen LogP contribution in [0.2, 0.25) is 0 Å². The van der Waals surface area contributed by atoms with Gasteiger partial charge in [-0.1, -0.05) is 6.07 Å². The molecule has 0 aliphatic carbocycles. The predicted molar refractivity (Wildman–Crippen MR) is 94.2 cm³/mol. The van der Waals surface area contributed by atoms with Crippen LogP contribution in [0.1, 0.15) is 13.8 Å². The summed E-state index contributed by atoms with van der Waals surface area (Å²) in [6, 6.07) is 15.4. The summed E-state index contributed by atoms with van der Waals surface area (Å²) in [5, 5.41) is 2.95. The van der Waals surface area contributed by atoms with E-state index in [-0.39, 0.29) is 20.1 Å². The minimum absolute atomic E-state index is 0. The molecule has 0 aliphatic rings. The van der Waals surface area contributed by atoms with Crippen molar-refractivity contribution >= 4 is 11.3 Å². The molecule has 3 aromatic rings. The largest absolute Gasteiger partial charge is 0.490 e. The Bertz CT molecular complexity index is 775. The second-order valence-corrected chi connectivity index (χ2v) is 5.75. The molecule has 0 atom stereocenters. The van der Waals surface area contributed by atoms with Crippen LogP contribution in [-0.4, -0.2) is 18.2 Å². The molecule has 1 radical (unpaired) electrons. The van der Waals surface area contributed by atoms with E-state index in [9.17, 15) is 0 Å². The van der Waals surface area contributed by atoms with Gasteiger partial charge in [0, 0.05) is 36.7 Å². The van der Waals surface area contributed by atoms with Gasteiger partial charge in [-0.05, 0) is 31.5 Å². The number of aromatic nitrogens is 1. The first-order chi connectivity index (χ1) is 11.3. The van der Waals surface area contributed by atoms with Crippen molar-refractivity contribution in [1.29, 1.82) is 0 Å². The molecular weight excluding hydrogens is 498 g/mol. The van der Waals surface area contributed by atoms with Crippen LogP contribution in [0.25, 0.3) is 21.7 Å². The summed E-state index contributed by atoms with van der Waals surface area (Å²) < 4.78 is 11.3. The van der Waals surface area contributed by atoms with E-state index in [0.717, 1.165) is 33.2 Å². The van der Waals surface area contributed by atoms with Gasteiger partial charge in [0.25, 0.3) is 0 Å². The van der Waals surface area contributed by atoms with Gasteiger partial charge in [0.1, 0.15) is 0 Å². The normalized spacial score (nSPS) is 10.1. The Morgan fingerprint density at radius 1 is 1.00 bits per heavy atom. The molecule has 1 aromatic heterocycles. The first-order valence-electron chi connectivity index (χ1n) is 7.63. The molecule has 5 heteroatoms. The van der Waals surface area contributed by atoms with Crippen LogP contribution in [0.15, 0.2) is 48.0 Å². The number of benzene rings is 2. The van der Waals surface area contributed by atoms with Gasteiger partial charge < -0.3 is 9.47 Å². The number of hydrogen-bond acceptors (Lipinski definition) is 4. The molecule has 0 saturated heterocycles. The SMILES string of the molecule is CCOc1ccc(-c2cc[c-]c(-c3nccs3)c2)cc1OCC.[Ir]. The molecule has 0 aliphatic heterocycles. The zero-order valence-corrected chi connectivity index (χ0v) is 16.7. The van der Waals surface area contributed by atoms with E-state index >= 15 is 0 Å². The van der Waals surface area contributed by atoms with Gasteiger partial charge >= 0.3 is 0 Å². The fourth-order valence-corrected chi connectivity index (χ4v) is 2.97. The van der Waals surface area contributed by atoms with E-state index < -0.39 is 0 Å². The Balaban J connectivity index is 0.00000208. The molecule has 2 aromatic carbocycles. The Morgan fingerprint density at radius 2 is 1.75 bits per heavy atom. The molecule has 24 heavy (non-hydrogen) atoms. The fourth-order valence-electron chi connectivity index (χ4n) is 2.36. The van der Waals surface area contributed by atoms with Crippen molar-refractivity contribution < 1.29 is 29.6 Å². The zero-order valence-electron chi connectivity index (χ0n) is 13.5. The molecule has 0 N–H and O–H groups in total. The molecule has 1 heterocycles. The van der Waals surface area contributed by atoms with Gasteiger partial charge in [-0.25, -0.2) is 0 Å². The number of nitrogens with zero attached hydrogens (tertiary/aromatic N) is 1. The van der Waals surface area contributed by atoms with Gasteiger partial charge in [-0.3, -0.25) is 4.98 Å². The smallest absolute Gasteiger partial charge is 0.161 e. The predicted octanol–water partition coefficient (Wildman–Crippen LogP) is 5.07. The van der Waals surface area contributed by atoms with E-state index in [2.05, 4.69) is 23.2 Å². The maximum Gasteiger partial charge on any atom is 0.161 e. The van der Waals surface area contributed by atoms with Crippen LogP contribution in [0.3, 0.4) is 0 Å². The Morgan fingerprint density at radius 3 is 2.46 bits per heavy atom. The second kappa shape index (κ2) is 8.97. The summed E-state index contributed by atoms with van der Waals surface area (Å²) in [5.74, 6) is 1.55. The standard InChI is InChI=1S/C19H18NO2S.Ir/c1-3-21-17-9-8-15(13-18(17)22-4-2)14-6-5-7-16(12-14)19-20-10-11-23-19;/h5-6,8-13H,3-4H2,1-2H3;/q-1;. The summed E-state index contributed by atoms with van der Waals surface area (Å²) in [4.78, 5) is 4.35. The number of hydrogen-bond donors (Lipinski definition) is 0. The van der Waals surface area contributed by atoms with Crippen LogP contribution < -0.4 is 9.47 Å². The van der Waals surface area contributed by atoms with Gasteiger partial charge in [0.05, 0.1) is 13.2 Å². The van der Waals surface area contributed by atoms with Crippen molar-refractivity contribution in [3.05, 3.63) is 54.0 Å². The van der Waals surface area contributed by atoms with Crippen molar-refractivity contribution in [1.82, 2.24) is 4.98 Å². The monoisotopic (exact) mass is 517 g/mol. The van der Waals surface area contributed by atoms with Crippen molar-refractivity contribution in [2.75, 3.05) is 13.2 Å². The molecule has 3 rings (SSSR count). The van der Waals surface area contributed by atoms with Crippen molar-refractivity contribution in [2.24, 2.45) is 0 Å². The molecule has 0 spiro atoms. The van der Waals surface area contributed by atoms with Gasteiger partial charge in [0.15, 0.2) is 11.5 Å². The molecule has 127 valence electrons. The number of thiazole rings is 1. The third-order valence-electron chi connectivity index (χ3n) is 3.34. The van der Waals surface area contributed by atoms with Crippen LogP contribution >= 0.6 is 11.3 Å². The van der Waals surface area contributed by atoms with Gasteiger partial charge in [-0.2, -0.15) is 11.3 Å². The Hall–Kier alpha value is -1.68. The summed E-state index contributed by atoms with van der Waals surface area (Å²) in [5.41, 5.74) is 3.20. The second-order valence-electron chi connectivity index (χ2n) is 4.86. The van der Waals surface area contributed by atoms with Crippen molar-refractivity contribution in [3.8, 4) is 33.2 Å². The molecular formula is C19H18IrNO2S-. The number of ether oxygens (including phenoxy) is 2.